The minimum atomic E-state index is -1.00. The highest BCUT2D eigenvalue weighted by molar-refractivity contribution is 7.18. The highest BCUT2D eigenvalue weighted by Crippen LogP contribution is 2.25. The van der Waals surface area contributed by atoms with Crippen LogP contribution >= 0.6 is 22.9 Å². The first-order valence-corrected chi connectivity index (χ1v) is 9.55. The number of Topliss-reactive ketones (excluding diaryl/α,β-unsaturated/α-hetero) is 1. The molecule has 2 aromatic rings. The van der Waals surface area contributed by atoms with Gasteiger partial charge in [-0.15, -0.1) is 11.3 Å². The molecule has 26 heavy (non-hydrogen) atoms. The molecular weight excluding hydrogens is 374 g/mol. The third-order valence-electron chi connectivity index (χ3n) is 3.92. The molecule has 0 spiro atoms. The number of amides is 1. The van der Waals surface area contributed by atoms with Crippen LogP contribution in [0, 0.1) is 0 Å². The van der Waals surface area contributed by atoms with Crippen LogP contribution in [0.15, 0.2) is 42.5 Å². The molecule has 1 aromatic carbocycles. The van der Waals surface area contributed by atoms with Gasteiger partial charge in [0.25, 0.3) is 5.91 Å². The molecule has 1 N–H and O–H groups in total. The van der Waals surface area contributed by atoms with E-state index in [0.717, 1.165) is 12.8 Å². The summed E-state index contributed by atoms with van der Waals surface area (Å²) >= 11 is 6.99. The highest BCUT2D eigenvalue weighted by atomic mass is 35.5. The Kier molecular flexibility index (Phi) is 6.06. The lowest BCUT2D eigenvalue weighted by molar-refractivity contribution is -0.156. The second-order valence-electron chi connectivity index (χ2n) is 6.09. The van der Waals surface area contributed by atoms with E-state index in [1.165, 1.54) is 11.3 Å². The van der Waals surface area contributed by atoms with Crippen molar-refractivity contribution in [2.24, 2.45) is 0 Å². The van der Waals surface area contributed by atoms with Gasteiger partial charge in [-0.2, -0.15) is 0 Å². The van der Waals surface area contributed by atoms with Crippen molar-refractivity contribution in [2.45, 2.75) is 37.8 Å². The number of nitrogens with one attached hydrogen (secondary N) is 1. The maximum Gasteiger partial charge on any atom is 0.307 e. The Morgan fingerprint density at radius 3 is 2.46 bits per heavy atom. The van der Waals surface area contributed by atoms with Gasteiger partial charge in [0.15, 0.2) is 5.78 Å². The second-order valence-corrected chi connectivity index (χ2v) is 7.81. The smallest absolute Gasteiger partial charge is 0.307 e. The van der Waals surface area contributed by atoms with Crippen molar-refractivity contribution in [3.63, 3.8) is 0 Å². The number of ketones is 1. The Bertz CT molecular complexity index is 801. The Hall–Kier alpha value is -2.18. The maximum absolute atomic E-state index is 12.4. The number of thiophene rings is 1. The van der Waals surface area contributed by atoms with Crippen LogP contribution in [-0.2, 0) is 14.3 Å². The molecule has 1 amide bonds. The highest BCUT2D eigenvalue weighted by Gasteiger charge is 2.30. The fourth-order valence-corrected chi connectivity index (χ4v) is 3.41. The van der Waals surface area contributed by atoms with Gasteiger partial charge in [0.2, 0.25) is 6.10 Å². The predicted octanol–water partition coefficient (Wildman–Crippen LogP) is 3.93. The van der Waals surface area contributed by atoms with Gasteiger partial charge in [-0.1, -0.05) is 41.9 Å². The number of carbonyl (C=O) groups excluding carboxylic acids is 3. The fraction of sp³-hybridized carbons (Fsp3) is 0.316. The van der Waals surface area contributed by atoms with Crippen LogP contribution in [0.3, 0.4) is 0 Å². The van der Waals surface area contributed by atoms with Gasteiger partial charge in [-0.3, -0.25) is 14.4 Å². The van der Waals surface area contributed by atoms with Crippen LogP contribution in [0.1, 0.15) is 47.0 Å². The average molecular weight is 392 g/mol. The molecule has 1 unspecified atom stereocenters. The Morgan fingerprint density at radius 2 is 1.85 bits per heavy atom. The van der Waals surface area contributed by atoms with E-state index in [1.54, 1.807) is 36.4 Å². The number of esters is 1. The average Bonchev–Trinajstić information content (AvgIpc) is 3.35. The van der Waals surface area contributed by atoms with E-state index < -0.39 is 12.1 Å². The molecular formula is C19H18ClNO4S. The van der Waals surface area contributed by atoms with Gasteiger partial charge in [0.1, 0.15) is 0 Å². The summed E-state index contributed by atoms with van der Waals surface area (Å²) in [5.74, 6) is -1.08. The van der Waals surface area contributed by atoms with Gasteiger partial charge in [-0.05, 0) is 25.0 Å². The molecule has 1 aromatic heterocycles. The van der Waals surface area contributed by atoms with E-state index in [9.17, 15) is 14.4 Å². The van der Waals surface area contributed by atoms with Crippen LogP contribution in [0.2, 0.25) is 4.34 Å². The number of halogens is 1. The molecule has 136 valence electrons. The van der Waals surface area contributed by atoms with Crippen molar-refractivity contribution in [1.29, 1.82) is 0 Å². The largest absolute Gasteiger partial charge is 0.447 e. The molecule has 1 saturated carbocycles. The Balaban J connectivity index is 1.59. The monoisotopic (exact) mass is 391 g/mol. The van der Waals surface area contributed by atoms with Crippen LogP contribution in [0.25, 0.3) is 0 Å². The van der Waals surface area contributed by atoms with Gasteiger partial charge in [0, 0.05) is 18.0 Å². The normalized spacial score (nSPS) is 14.5. The number of carbonyl (C=O) groups is 3. The summed E-state index contributed by atoms with van der Waals surface area (Å²) in [5, 5.41) is 2.86. The van der Waals surface area contributed by atoms with Crippen LogP contribution in [0.4, 0.5) is 0 Å². The van der Waals surface area contributed by atoms with Crippen LogP contribution in [0.5, 0.6) is 0 Å². The minimum Gasteiger partial charge on any atom is -0.447 e. The molecule has 1 aliphatic rings. The standard InChI is InChI=1S/C19H18ClNO4S/c20-16-10-9-15(26-16)14(22)8-11-17(23)25-18(12-4-2-1-3-5-12)19(24)21-13-6-7-13/h1-5,9-10,13,18H,6-8,11H2,(H,21,24). The van der Waals surface area contributed by atoms with Crippen molar-refractivity contribution < 1.29 is 19.1 Å². The Labute approximate surface area is 160 Å². The predicted molar refractivity (Wildman–Crippen MR) is 99.3 cm³/mol. The third kappa shape index (κ3) is 5.16. The van der Waals surface area contributed by atoms with Crippen LogP contribution < -0.4 is 5.32 Å². The number of rotatable bonds is 8. The molecule has 1 fully saturated rings. The summed E-state index contributed by atoms with van der Waals surface area (Å²) in [4.78, 5) is 37.2. The van der Waals surface area contributed by atoms with Crippen molar-refractivity contribution in [1.82, 2.24) is 5.32 Å². The molecule has 5 nitrogen and oxygen atoms in total. The van der Waals surface area contributed by atoms with Crippen molar-refractivity contribution in [3.05, 3.63) is 57.2 Å². The molecule has 0 saturated heterocycles. The van der Waals surface area contributed by atoms with E-state index in [4.69, 9.17) is 16.3 Å². The zero-order chi connectivity index (χ0) is 18.5. The van der Waals surface area contributed by atoms with E-state index in [1.807, 2.05) is 6.07 Å². The van der Waals surface area contributed by atoms with Crippen molar-refractivity contribution in [3.8, 4) is 0 Å². The quantitative estimate of drug-likeness (QED) is 0.546. The summed E-state index contributed by atoms with van der Waals surface area (Å²) in [6.07, 6.45) is 0.809. The van der Waals surface area contributed by atoms with E-state index >= 15 is 0 Å². The number of hydrogen-bond acceptors (Lipinski definition) is 5. The molecule has 1 atom stereocenters. The fourth-order valence-electron chi connectivity index (χ4n) is 2.40. The zero-order valence-corrected chi connectivity index (χ0v) is 15.5. The first-order valence-electron chi connectivity index (χ1n) is 8.36. The number of hydrogen-bond donors (Lipinski definition) is 1. The van der Waals surface area contributed by atoms with Crippen molar-refractivity contribution in [2.75, 3.05) is 0 Å². The van der Waals surface area contributed by atoms with E-state index in [-0.39, 0.29) is 30.6 Å². The van der Waals surface area contributed by atoms with E-state index in [2.05, 4.69) is 5.32 Å². The third-order valence-corrected chi connectivity index (χ3v) is 5.19. The molecule has 3 rings (SSSR count). The number of ether oxygens (including phenoxy) is 1. The SMILES string of the molecule is O=C(CCC(=O)c1ccc(Cl)s1)OC(C(=O)NC1CC1)c1ccccc1. The van der Waals surface area contributed by atoms with Gasteiger partial charge in [0.05, 0.1) is 15.6 Å². The maximum atomic E-state index is 12.4. The second kappa shape index (κ2) is 8.47. The summed E-state index contributed by atoms with van der Waals surface area (Å²) < 4.78 is 5.92. The first kappa shape index (κ1) is 18.6. The summed E-state index contributed by atoms with van der Waals surface area (Å²) in [6, 6.07) is 12.3. The van der Waals surface area contributed by atoms with Crippen LogP contribution in [-0.4, -0.2) is 23.7 Å². The number of benzene rings is 1. The van der Waals surface area contributed by atoms with Gasteiger partial charge >= 0.3 is 5.97 Å². The van der Waals surface area contributed by atoms with Crippen molar-refractivity contribution >= 4 is 40.6 Å². The molecule has 1 heterocycles. The molecule has 0 aliphatic heterocycles. The molecule has 0 radical (unpaired) electrons. The minimum absolute atomic E-state index is 0.0153. The lowest BCUT2D eigenvalue weighted by Crippen LogP contribution is -2.33. The molecule has 7 heteroatoms. The van der Waals surface area contributed by atoms with E-state index in [0.29, 0.717) is 14.8 Å². The van der Waals surface area contributed by atoms with Gasteiger partial charge < -0.3 is 10.1 Å². The molecule has 0 bridgehead atoms. The summed E-state index contributed by atoms with van der Waals surface area (Å²) in [5.41, 5.74) is 0.607. The summed E-state index contributed by atoms with van der Waals surface area (Å²) in [7, 11) is 0. The first-order chi connectivity index (χ1) is 12.5. The lowest BCUT2D eigenvalue weighted by atomic mass is 10.1. The Morgan fingerprint density at radius 1 is 1.12 bits per heavy atom. The molecule has 1 aliphatic carbocycles. The zero-order valence-electron chi connectivity index (χ0n) is 13.9. The van der Waals surface area contributed by atoms with Gasteiger partial charge in [-0.25, -0.2) is 0 Å². The summed E-state index contributed by atoms with van der Waals surface area (Å²) in [6.45, 7) is 0. The lowest BCUT2D eigenvalue weighted by Gasteiger charge is -2.18. The topological polar surface area (TPSA) is 72.5 Å².